The second-order valence-corrected chi connectivity index (χ2v) is 18.7. The molecule has 11 heteroatoms. The molecule has 10 aliphatic rings. The Kier molecular flexibility index (Phi) is 8.68. The van der Waals surface area contributed by atoms with Crippen molar-refractivity contribution in [1.29, 1.82) is 0 Å². The van der Waals surface area contributed by atoms with Gasteiger partial charge >= 0.3 is 11.9 Å². The van der Waals surface area contributed by atoms with Crippen molar-refractivity contribution in [3.8, 4) is 0 Å². The van der Waals surface area contributed by atoms with E-state index >= 15 is 0 Å². The summed E-state index contributed by atoms with van der Waals surface area (Å²) in [6.07, 6.45) is 20.8. The van der Waals surface area contributed by atoms with Crippen LogP contribution in [0.25, 0.3) is 0 Å². The first-order valence-electron chi connectivity index (χ1n) is 19.3. The topological polar surface area (TPSA) is 114 Å². The van der Waals surface area contributed by atoms with Crippen LogP contribution < -0.4 is 10.6 Å². The van der Waals surface area contributed by atoms with Crippen molar-refractivity contribution in [1.82, 2.24) is 15.5 Å². The van der Waals surface area contributed by atoms with Crippen molar-refractivity contribution in [3.63, 3.8) is 0 Å². The van der Waals surface area contributed by atoms with Gasteiger partial charge in [-0.05, 0) is 104 Å². The zero-order valence-electron chi connectivity index (χ0n) is 30.0. The summed E-state index contributed by atoms with van der Waals surface area (Å²) >= 11 is 0. The molecule has 5 aliphatic carbocycles. The van der Waals surface area contributed by atoms with E-state index in [0.717, 1.165) is 90.4 Å². The number of rotatable bonds is 4. The van der Waals surface area contributed by atoms with E-state index in [0.29, 0.717) is 30.2 Å². The molecule has 7 bridgehead atoms. The molecule has 3 fully saturated rings. The Balaban J connectivity index is 1.25. The lowest BCUT2D eigenvalue weighted by atomic mass is 9.43. The van der Waals surface area contributed by atoms with Gasteiger partial charge in [0, 0.05) is 54.0 Å². The van der Waals surface area contributed by atoms with E-state index in [4.69, 9.17) is 9.47 Å². The predicted molar refractivity (Wildman–Crippen MR) is 200 cm³/mol. The number of dihydropyridines is 1. The molecule has 1 spiro atoms. The van der Waals surface area contributed by atoms with E-state index in [1.165, 1.54) is 29.9 Å². The van der Waals surface area contributed by atoms with Crippen LogP contribution in [0.3, 0.4) is 0 Å². The minimum atomic E-state index is -0.816. The fourth-order valence-corrected chi connectivity index (χ4v) is 13.3. The van der Waals surface area contributed by atoms with E-state index in [1.54, 1.807) is 10.8 Å². The van der Waals surface area contributed by atoms with Crippen molar-refractivity contribution in [2.24, 2.45) is 40.4 Å². The molecule has 5 aliphatic heterocycles. The number of esters is 2. The maximum absolute atomic E-state index is 14.6. The Morgan fingerprint density at radius 2 is 1.79 bits per heavy atom. The second kappa shape index (κ2) is 13.1. The van der Waals surface area contributed by atoms with Crippen LogP contribution in [0.5, 0.6) is 0 Å². The van der Waals surface area contributed by atoms with Crippen molar-refractivity contribution in [2.45, 2.75) is 78.1 Å². The predicted octanol–water partition coefficient (Wildman–Crippen LogP) is 6.75. The summed E-state index contributed by atoms with van der Waals surface area (Å²) in [5.74, 6) is 2.46. The molecule has 0 radical (unpaired) electrons. The molecule has 6 atom stereocenters. The third-order valence-electron chi connectivity index (χ3n) is 13.6. The summed E-state index contributed by atoms with van der Waals surface area (Å²) in [5.41, 5.74) is 3.64. The van der Waals surface area contributed by atoms with Crippen LogP contribution in [-0.4, -0.2) is 53.4 Å². The third-order valence-corrected chi connectivity index (χ3v) is 16.0. The van der Waals surface area contributed by atoms with Gasteiger partial charge in [-0.1, -0.05) is 54.4 Å². The van der Waals surface area contributed by atoms with Crippen molar-refractivity contribution in [2.75, 3.05) is 24.7 Å². The van der Waals surface area contributed by atoms with Crippen molar-refractivity contribution >= 4 is 45.3 Å². The molecule has 0 aromatic rings. The van der Waals surface area contributed by atoms with Crippen LogP contribution in [0, 0.1) is 40.4 Å². The molecule has 274 valence electrons. The quantitative estimate of drug-likeness (QED) is 0.182. The summed E-state index contributed by atoms with van der Waals surface area (Å²) in [4.78, 5) is 56.4. The van der Waals surface area contributed by atoms with Gasteiger partial charge in [0.25, 0.3) is 11.8 Å². The summed E-state index contributed by atoms with van der Waals surface area (Å²) in [7, 11) is 3.59. The number of imide groups is 1. The van der Waals surface area contributed by atoms with Crippen LogP contribution in [0.15, 0.2) is 81.7 Å². The smallest absolute Gasteiger partial charge is 0.340 e. The number of ether oxygens (including phenoxy) is 2. The zero-order valence-corrected chi connectivity index (χ0v) is 31.6. The van der Waals surface area contributed by atoms with Gasteiger partial charge in [-0.25, -0.2) is 9.59 Å². The number of amides is 2. The average Bonchev–Trinajstić information content (AvgIpc) is 3.91. The number of hydrogen-bond donors (Lipinski definition) is 2. The van der Waals surface area contributed by atoms with Gasteiger partial charge in [0.1, 0.15) is 11.5 Å². The molecule has 0 aromatic heterocycles. The lowest BCUT2D eigenvalue weighted by Gasteiger charge is -2.57. The first-order chi connectivity index (χ1) is 25.2. The van der Waals surface area contributed by atoms with Crippen LogP contribution >= 0.6 is 21.6 Å². The Labute approximate surface area is 313 Å². The van der Waals surface area contributed by atoms with Crippen LogP contribution in [0.1, 0.15) is 78.1 Å². The number of fused-ring (bicyclic) bond motifs is 2. The van der Waals surface area contributed by atoms with E-state index in [9.17, 15) is 19.2 Å². The first-order valence-corrected chi connectivity index (χ1v) is 21.7. The van der Waals surface area contributed by atoms with E-state index in [1.807, 2.05) is 10.8 Å². The fourth-order valence-electron chi connectivity index (χ4n) is 11.1. The van der Waals surface area contributed by atoms with E-state index in [-0.39, 0.29) is 53.5 Å². The summed E-state index contributed by atoms with van der Waals surface area (Å²) in [6.45, 7) is 5.19. The van der Waals surface area contributed by atoms with Crippen LogP contribution in [0.2, 0.25) is 0 Å². The Hall–Kier alpha value is -3.44. The lowest BCUT2D eigenvalue weighted by Crippen LogP contribution is -2.54. The molecule has 5 heterocycles. The number of cyclic esters (lactones) is 1. The first kappa shape index (κ1) is 34.3. The van der Waals surface area contributed by atoms with Gasteiger partial charge in [0.15, 0.2) is 0 Å². The maximum Gasteiger partial charge on any atom is 0.340 e. The van der Waals surface area contributed by atoms with E-state index in [2.05, 4.69) is 48.8 Å². The lowest BCUT2D eigenvalue weighted by molar-refractivity contribution is -0.138. The third kappa shape index (κ3) is 5.34. The monoisotopic (exact) mass is 741 g/mol. The maximum atomic E-state index is 14.6. The number of hydrogen-bond acceptors (Lipinski definition) is 10. The van der Waals surface area contributed by atoms with Gasteiger partial charge in [-0.15, -0.1) is 0 Å². The summed E-state index contributed by atoms with van der Waals surface area (Å²) in [5, 5.41) is 6.98. The summed E-state index contributed by atoms with van der Waals surface area (Å²) < 4.78 is 12.7. The second-order valence-electron chi connectivity index (χ2n) is 16.2. The van der Waals surface area contributed by atoms with Gasteiger partial charge in [-0.2, -0.15) is 0 Å². The molecular weight excluding hydrogens is 695 g/mol. The highest BCUT2D eigenvalue weighted by atomic mass is 33.1. The number of carbonyl (C=O) groups excluding carboxylic acids is 4. The SMILES string of the molecule is CCC1(/C=C2\OC(=O)C3=C2CC[C@H]2[C@@H]4CC[C@@]5(C6=C4[C@@H](CN4C(=O)C=CC4=O)C4=CCNC(=C4)NCSSC[C@H](C)C/C=C/5OC6=O)[C@@H]32)CCCC1. The molecule has 2 amide bonds. The highest BCUT2D eigenvalue weighted by Crippen LogP contribution is 2.71. The molecule has 52 heavy (non-hydrogen) atoms. The number of nitrogens with zero attached hydrogens (tertiary/aromatic N) is 1. The van der Waals surface area contributed by atoms with Gasteiger partial charge in [0.2, 0.25) is 0 Å². The molecule has 9 nitrogen and oxygen atoms in total. The largest absolute Gasteiger partial charge is 0.427 e. The minimum Gasteiger partial charge on any atom is -0.427 e. The normalized spacial score (nSPS) is 36.9. The molecule has 2 saturated carbocycles. The molecule has 0 unspecified atom stereocenters. The highest BCUT2D eigenvalue weighted by Gasteiger charge is 2.69. The average molecular weight is 742 g/mol. The number of nitrogens with one attached hydrogen (secondary N) is 2. The fraction of sp³-hybridized carbons (Fsp3) is 0.561. The van der Waals surface area contributed by atoms with Gasteiger partial charge < -0.3 is 20.1 Å². The highest BCUT2D eigenvalue weighted by molar-refractivity contribution is 8.76. The molecule has 0 aromatic carbocycles. The Morgan fingerprint density at radius 1 is 0.981 bits per heavy atom. The standard InChI is InChI=1S/C41H47N3O6S2/c1-3-40(14-4-5-15-40)19-29-27-8-7-26-25-12-16-41(36(26)35(27)38(47)49-29)30-9-6-23(2)21-51-52-22-43-31-18-24(13-17-42-31)28(34(25)37(41)39(48)50-30)20-44-32(45)10-11-33(44)46/h9-11,13,18-19,23,25-26,28,36,42-43H,3-8,12,14-17,20-22H2,1-2H3/b29-19-,30-9-/t23-,25+,26+,28+,36-,41+/m1/s1. The summed E-state index contributed by atoms with van der Waals surface area (Å²) in [6, 6.07) is 0. The zero-order chi connectivity index (χ0) is 35.8. The minimum absolute atomic E-state index is 0.0170. The van der Waals surface area contributed by atoms with Crippen molar-refractivity contribution in [3.05, 3.63) is 81.7 Å². The number of allylic oxidation sites excluding steroid dienone is 5. The van der Waals surface area contributed by atoms with Gasteiger partial charge in [-0.3, -0.25) is 14.5 Å². The molecule has 2 N–H and O–H groups in total. The van der Waals surface area contributed by atoms with Crippen LogP contribution in [-0.2, 0) is 28.7 Å². The molecule has 1 saturated heterocycles. The van der Waals surface area contributed by atoms with E-state index < -0.39 is 11.3 Å². The molecular formula is C41H47N3O6S2. The Morgan fingerprint density at radius 3 is 2.58 bits per heavy atom. The van der Waals surface area contributed by atoms with Gasteiger partial charge in [0.05, 0.1) is 22.7 Å². The van der Waals surface area contributed by atoms with Crippen LogP contribution in [0.4, 0.5) is 0 Å². The Bertz CT molecular complexity index is 1850. The van der Waals surface area contributed by atoms with Crippen molar-refractivity contribution < 1.29 is 28.7 Å². The molecule has 10 rings (SSSR count). The number of carbonyl (C=O) groups is 4.